The summed E-state index contributed by atoms with van der Waals surface area (Å²) in [5.74, 6) is 1.01. The van der Waals surface area contributed by atoms with E-state index in [4.69, 9.17) is 4.74 Å². The highest BCUT2D eigenvalue weighted by Gasteiger charge is 2.17. The lowest BCUT2D eigenvalue weighted by molar-refractivity contribution is -0.116. The SMILES string of the molecule is C=CCn1c(CC(=O)Nc2ccccc2C)nnc1SCC(=O)Nc1ccc(OC)cc1. The second kappa shape index (κ2) is 11.1. The summed E-state index contributed by atoms with van der Waals surface area (Å²) >= 11 is 1.25. The molecule has 166 valence electrons. The number of benzene rings is 2. The Hall–Kier alpha value is -3.59. The molecule has 0 bridgehead atoms. The lowest BCUT2D eigenvalue weighted by Gasteiger charge is -2.10. The number of methoxy groups -OCH3 is 1. The van der Waals surface area contributed by atoms with Crippen molar-refractivity contribution < 1.29 is 14.3 Å². The first-order valence-corrected chi connectivity index (χ1v) is 10.9. The molecule has 8 nitrogen and oxygen atoms in total. The van der Waals surface area contributed by atoms with Crippen LogP contribution in [0.2, 0.25) is 0 Å². The Morgan fingerprint density at radius 3 is 2.53 bits per heavy atom. The molecule has 0 aliphatic carbocycles. The first kappa shape index (κ1) is 23.1. The Labute approximate surface area is 191 Å². The van der Waals surface area contributed by atoms with Crippen molar-refractivity contribution in [2.45, 2.75) is 25.0 Å². The molecular formula is C23H25N5O3S. The van der Waals surface area contributed by atoms with Gasteiger partial charge in [-0.3, -0.25) is 9.59 Å². The van der Waals surface area contributed by atoms with Crippen LogP contribution in [0.15, 0.2) is 66.3 Å². The van der Waals surface area contributed by atoms with Gasteiger partial charge in [-0.05, 0) is 42.8 Å². The lowest BCUT2D eigenvalue weighted by Crippen LogP contribution is -2.18. The van der Waals surface area contributed by atoms with E-state index in [1.807, 2.05) is 31.2 Å². The summed E-state index contributed by atoms with van der Waals surface area (Å²) in [4.78, 5) is 24.8. The van der Waals surface area contributed by atoms with Gasteiger partial charge in [-0.15, -0.1) is 16.8 Å². The highest BCUT2D eigenvalue weighted by atomic mass is 32.2. The van der Waals surface area contributed by atoms with Gasteiger partial charge in [0.25, 0.3) is 0 Å². The van der Waals surface area contributed by atoms with Crippen molar-refractivity contribution in [3.05, 3.63) is 72.6 Å². The number of hydrogen-bond acceptors (Lipinski definition) is 6. The molecule has 0 aliphatic heterocycles. The van der Waals surface area contributed by atoms with Crippen molar-refractivity contribution in [1.82, 2.24) is 14.8 Å². The number of aromatic nitrogens is 3. The standard InChI is InChI=1S/C23H25N5O3S/c1-4-13-28-20(14-21(29)25-19-8-6-5-7-16(19)2)26-27-23(28)32-15-22(30)24-17-9-11-18(31-3)12-10-17/h4-12H,1,13-15H2,2-3H3,(H,24,30)(H,25,29). The second-order valence-electron chi connectivity index (χ2n) is 6.90. The number of ether oxygens (including phenoxy) is 1. The van der Waals surface area contributed by atoms with Crippen molar-refractivity contribution in [3.63, 3.8) is 0 Å². The van der Waals surface area contributed by atoms with Crippen LogP contribution in [0, 0.1) is 6.92 Å². The van der Waals surface area contributed by atoms with Gasteiger partial charge in [0.05, 0.1) is 19.3 Å². The van der Waals surface area contributed by atoms with Gasteiger partial charge in [0.2, 0.25) is 11.8 Å². The summed E-state index contributed by atoms with van der Waals surface area (Å²) in [5, 5.41) is 14.6. The van der Waals surface area contributed by atoms with Gasteiger partial charge in [-0.1, -0.05) is 36.0 Å². The molecule has 0 fully saturated rings. The van der Waals surface area contributed by atoms with E-state index in [9.17, 15) is 9.59 Å². The second-order valence-corrected chi connectivity index (χ2v) is 7.85. The number of aryl methyl sites for hydroxylation is 1. The van der Waals surface area contributed by atoms with E-state index in [2.05, 4.69) is 27.4 Å². The maximum atomic E-state index is 12.5. The summed E-state index contributed by atoms with van der Waals surface area (Å²) in [6.07, 6.45) is 1.77. The highest BCUT2D eigenvalue weighted by Crippen LogP contribution is 2.20. The number of amides is 2. The van der Waals surface area contributed by atoms with E-state index in [0.717, 1.165) is 11.3 Å². The van der Waals surface area contributed by atoms with E-state index in [1.165, 1.54) is 11.8 Å². The molecule has 3 rings (SSSR count). The van der Waals surface area contributed by atoms with Crippen LogP contribution in [0.3, 0.4) is 0 Å². The molecule has 9 heteroatoms. The summed E-state index contributed by atoms with van der Waals surface area (Å²) < 4.78 is 6.90. The Kier molecular flexibility index (Phi) is 8.04. The Bertz CT molecular complexity index is 1100. The number of para-hydroxylation sites is 1. The number of nitrogens with one attached hydrogen (secondary N) is 2. The number of allylic oxidation sites excluding steroid dienone is 1. The van der Waals surface area contributed by atoms with Gasteiger partial charge in [0.15, 0.2) is 5.16 Å². The molecule has 0 atom stereocenters. The number of thioether (sulfide) groups is 1. The minimum absolute atomic E-state index is 0.0633. The van der Waals surface area contributed by atoms with Crippen molar-refractivity contribution in [3.8, 4) is 5.75 Å². The summed E-state index contributed by atoms with van der Waals surface area (Å²) in [5.41, 5.74) is 2.42. The van der Waals surface area contributed by atoms with Crippen molar-refractivity contribution >= 4 is 35.0 Å². The van der Waals surface area contributed by atoms with Gasteiger partial charge in [-0.25, -0.2) is 0 Å². The molecule has 0 aliphatic rings. The van der Waals surface area contributed by atoms with E-state index >= 15 is 0 Å². The maximum Gasteiger partial charge on any atom is 0.234 e. The average molecular weight is 452 g/mol. The quantitative estimate of drug-likeness (QED) is 0.360. The first-order valence-electron chi connectivity index (χ1n) is 9.95. The molecule has 0 spiro atoms. The van der Waals surface area contributed by atoms with Crippen LogP contribution in [0.5, 0.6) is 5.75 Å². The number of nitrogens with zero attached hydrogens (tertiary/aromatic N) is 3. The molecule has 0 saturated carbocycles. The van der Waals surface area contributed by atoms with E-state index in [0.29, 0.717) is 29.0 Å². The molecule has 1 aromatic heterocycles. The number of hydrogen-bond donors (Lipinski definition) is 2. The molecule has 0 radical (unpaired) electrons. The van der Waals surface area contributed by atoms with Gasteiger partial charge in [-0.2, -0.15) is 0 Å². The number of carbonyl (C=O) groups is 2. The molecule has 2 N–H and O–H groups in total. The fourth-order valence-electron chi connectivity index (χ4n) is 2.92. The van der Waals surface area contributed by atoms with Crippen LogP contribution < -0.4 is 15.4 Å². The number of carbonyl (C=O) groups excluding carboxylic acids is 2. The van der Waals surface area contributed by atoms with Crippen molar-refractivity contribution in [2.24, 2.45) is 0 Å². The Morgan fingerprint density at radius 2 is 1.84 bits per heavy atom. The Balaban J connectivity index is 1.60. The summed E-state index contributed by atoms with van der Waals surface area (Å²) in [6, 6.07) is 14.7. The topological polar surface area (TPSA) is 98.1 Å². The third-order valence-electron chi connectivity index (χ3n) is 4.55. The maximum absolute atomic E-state index is 12.5. The van der Waals surface area contributed by atoms with Crippen molar-refractivity contribution in [2.75, 3.05) is 23.5 Å². The molecule has 0 unspecified atom stereocenters. The van der Waals surface area contributed by atoms with Crippen LogP contribution in [0.1, 0.15) is 11.4 Å². The first-order chi connectivity index (χ1) is 15.5. The lowest BCUT2D eigenvalue weighted by atomic mass is 10.2. The molecule has 0 saturated heterocycles. The van der Waals surface area contributed by atoms with Gasteiger partial charge in [0.1, 0.15) is 11.6 Å². The third kappa shape index (κ3) is 6.21. The monoisotopic (exact) mass is 451 g/mol. The smallest absolute Gasteiger partial charge is 0.234 e. The fraction of sp³-hybridized carbons (Fsp3) is 0.217. The zero-order valence-corrected chi connectivity index (χ0v) is 18.8. The molecular weight excluding hydrogens is 426 g/mol. The summed E-state index contributed by atoms with van der Waals surface area (Å²) in [6.45, 7) is 6.13. The van der Waals surface area contributed by atoms with Gasteiger partial charge in [0, 0.05) is 17.9 Å². The van der Waals surface area contributed by atoms with Gasteiger partial charge < -0.3 is 19.9 Å². The van der Waals surface area contributed by atoms with Crippen LogP contribution in [0.25, 0.3) is 0 Å². The predicted molar refractivity (Wildman–Crippen MR) is 126 cm³/mol. The average Bonchev–Trinajstić information content (AvgIpc) is 3.16. The minimum atomic E-state index is -0.189. The van der Waals surface area contributed by atoms with Crippen molar-refractivity contribution in [1.29, 1.82) is 0 Å². The van der Waals surface area contributed by atoms with Crippen LogP contribution in [-0.2, 0) is 22.6 Å². The van der Waals surface area contributed by atoms with Gasteiger partial charge >= 0.3 is 0 Å². The number of rotatable bonds is 10. The largest absolute Gasteiger partial charge is 0.497 e. The minimum Gasteiger partial charge on any atom is -0.497 e. The van der Waals surface area contributed by atoms with E-state index < -0.39 is 0 Å². The predicted octanol–water partition coefficient (Wildman–Crippen LogP) is 3.69. The zero-order chi connectivity index (χ0) is 22.9. The molecule has 1 heterocycles. The molecule has 32 heavy (non-hydrogen) atoms. The van der Waals surface area contributed by atoms with Crippen LogP contribution >= 0.6 is 11.8 Å². The van der Waals surface area contributed by atoms with Crippen LogP contribution in [-0.4, -0.2) is 39.4 Å². The normalized spacial score (nSPS) is 10.4. The number of anilines is 2. The molecule has 3 aromatic rings. The summed E-state index contributed by atoms with van der Waals surface area (Å²) in [7, 11) is 1.59. The Morgan fingerprint density at radius 1 is 1.09 bits per heavy atom. The third-order valence-corrected chi connectivity index (χ3v) is 5.52. The molecule has 2 amide bonds. The fourth-order valence-corrected chi connectivity index (χ4v) is 3.69. The highest BCUT2D eigenvalue weighted by molar-refractivity contribution is 7.99. The molecule has 2 aromatic carbocycles. The van der Waals surface area contributed by atoms with E-state index in [-0.39, 0.29) is 24.0 Å². The van der Waals surface area contributed by atoms with Crippen LogP contribution in [0.4, 0.5) is 11.4 Å². The van der Waals surface area contributed by atoms with E-state index in [1.54, 1.807) is 42.0 Å². The zero-order valence-electron chi connectivity index (χ0n) is 18.0.